The maximum absolute atomic E-state index is 12.8. The molecule has 0 aliphatic carbocycles. The molecule has 1 unspecified atom stereocenters. The van der Waals surface area contributed by atoms with Gasteiger partial charge in [0.15, 0.2) is 5.60 Å². The first kappa shape index (κ1) is 14.5. The van der Waals surface area contributed by atoms with E-state index in [4.69, 9.17) is 0 Å². The molecule has 2 aromatic carbocycles. The van der Waals surface area contributed by atoms with Gasteiger partial charge in [0.25, 0.3) is 5.91 Å². The van der Waals surface area contributed by atoms with Crippen molar-refractivity contribution in [2.45, 2.75) is 25.5 Å². The van der Waals surface area contributed by atoms with Gasteiger partial charge in [0.2, 0.25) is 0 Å². The first-order valence-corrected chi connectivity index (χ1v) is 7.36. The van der Waals surface area contributed by atoms with Crippen LogP contribution in [0.1, 0.15) is 23.1 Å². The van der Waals surface area contributed by atoms with Crippen molar-refractivity contribution in [1.82, 2.24) is 0 Å². The highest BCUT2D eigenvalue weighted by Gasteiger charge is 2.48. The Morgan fingerprint density at radius 2 is 1.95 bits per heavy atom. The topological polar surface area (TPSA) is 40.5 Å². The Morgan fingerprint density at radius 3 is 2.64 bits per heavy atom. The van der Waals surface area contributed by atoms with Crippen molar-refractivity contribution in [1.29, 1.82) is 0 Å². The predicted octanol–water partition coefficient (Wildman–Crippen LogP) is 3.31. The highest BCUT2D eigenvalue weighted by molar-refractivity contribution is 6.07. The number of hydrogen-bond donors (Lipinski definition) is 1. The Labute approximate surface area is 130 Å². The fourth-order valence-corrected chi connectivity index (χ4v) is 2.99. The third kappa shape index (κ3) is 2.24. The molecule has 0 spiro atoms. The fraction of sp³-hybridized carbons (Fsp3) is 0.211. The van der Waals surface area contributed by atoms with E-state index in [1.807, 2.05) is 55.5 Å². The largest absolute Gasteiger partial charge is 0.375 e. The maximum atomic E-state index is 12.8. The van der Waals surface area contributed by atoms with Gasteiger partial charge in [0.1, 0.15) is 0 Å². The van der Waals surface area contributed by atoms with Gasteiger partial charge < -0.3 is 10.0 Å². The lowest BCUT2D eigenvalue weighted by Crippen LogP contribution is -2.39. The summed E-state index contributed by atoms with van der Waals surface area (Å²) in [6, 6.07) is 15.6. The Hall–Kier alpha value is -2.39. The van der Waals surface area contributed by atoms with E-state index in [-0.39, 0.29) is 12.3 Å². The summed E-state index contributed by atoms with van der Waals surface area (Å²) in [6.07, 6.45) is 1.81. The van der Waals surface area contributed by atoms with Crippen LogP contribution in [0.5, 0.6) is 0 Å². The highest BCUT2D eigenvalue weighted by Crippen LogP contribution is 2.43. The summed E-state index contributed by atoms with van der Waals surface area (Å²) in [4.78, 5) is 14.5. The number of aryl methyl sites for hydroxylation is 1. The minimum atomic E-state index is -1.50. The molecule has 1 heterocycles. The van der Waals surface area contributed by atoms with Crippen LogP contribution in [0.3, 0.4) is 0 Å². The van der Waals surface area contributed by atoms with Crippen LogP contribution < -0.4 is 4.90 Å². The number of amides is 1. The fourth-order valence-electron chi connectivity index (χ4n) is 2.99. The van der Waals surface area contributed by atoms with Gasteiger partial charge in [-0.25, -0.2) is 0 Å². The van der Waals surface area contributed by atoms with Crippen LogP contribution >= 0.6 is 0 Å². The van der Waals surface area contributed by atoms with Crippen molar-refractivity contribution in [3.8, 4) is 0 Å². The molecular formula is C19H19NO2. The zero-order chi connectivity index (χ0) is 15.7. The van der Waals surface area contributed by atoms with Crippen LogP contribution in [0, 0.1) is 6.92 Å². The molecule has 1 aliphatic rings. The monoisotopic (exact) mass is 293 g/mol. The lowest BCUT2D eigenvalue weighted by Gasteiger charge is -2.22. The molecule has 0 saturated heterocycles. The Balaban J connectivity index is 2.06. The Bertz CT molecular complexity index is 723. The van der Waals surface area contributed by atoms with Crippen molar-refractivity contribution < 1.29 is 9.90 Å². The van der Waals surface area contributed by atoms with Crippen molar-refractivity contribution in [2.24, 2.45) is 0 Å². The van der Waals surface area contributed by atoms with Gasteiger partial charge in [-0.3, -0.25) is 4.79 Å². The third-order valence-corrected chi connectivity index (χ3v) is 4.11. The first-order chi connectivity index (χ1) is 10.6. The molecule has 3 heteroatoms. The minimum absolute atomic E-state index is 0.216. The SMILES string of the molecule is C=CCC1(O)C(=O)N(Cc2ccccc2)c2ccc(C)cc21. The second kappa shape index (κ2) is 5.43. The molecule has 0 fully saturated rings. The second-order valence-electron chi connectivity index (χ2n) is 5.75. The molecule has 22 heavy (non-hydrogen) atoms. The zero-order valence-corrected chi connectivity index (χ0v) is 12.6. The summed E-state index contributed by atoms with van der Waals surface area (Å²) >= 11 is 0. The molecule has 1 aliphatic heterocycles. The average Bonchev–Trinajstić information content (AvgIpc) is 2.71. The first-order valence-electron chi connectivity index (χ1n) is 7.36. The molecule has 2 aromatic rings. The lowest BCUT2D eigenvalue weighted by atomic mass is 9.91. The van der Waals surface area contributed by atoms with E-state index in [9.17, 15) is 9.90 Å². The predicted molar refractivity (Wildman–Crippen MR) is 87.5 cm³/mol. The van der Waals surface area contributed by atoms with Gasteiger partial charge in [0.05, 0.1) is 12.2 Å². The lowest BCUT2D eigenvalue weighted by molar-refractivity contribution is -0.135. The number of rotatable bonds is 4. The van der Waals surface area contributed by atoms with Gasteiger partial charge >= 0.3 is 0 Å². The van der Waals surface area contributed by atoms with Crippen LogP contribution in [-0.4, -0.2) is 11.0 Å². The maximum Gasteiger partial charge on any atom is 0.264 e. The molecule has 112 valence electrons. The van der Waals surface area contributed by atoms with Crippen LogP contribution in [0.15, 0.2) is 61.2 Å². The molecule has 0 bridgehead atoms. The number of fused-ring (bicyclic) bond motifs is 1. The number of benzene rings is 2. The molecule has 0 aromatic heterocycles. The van der Waals surface area contributed by atoms with E-state index in [1.165, 1.54) is 0 Å². The van der Waals surface area contributed by atoms with Gasteiger partial charge in [-0.05, 0) is 18.6 Å². The van der Waals surface area contributed by atoms with Crippen molar-refractivity contribution >= 4 is 11.6 Å². The van der Waals surface area contributed by atoms with E-state index < -0.39 is 5.60 Å². The summed E-state index contributed by atoms with van der Waals surface area (Å²) in [5.74, 6) is -0.281. The molecule has 0 radical (unpaired) electrons. The van der Waals surface area contributed by atoms with Crippen LogP contribution in [0.4, 0.5) is 5.69 Å². The Kier molecular flexibility index (Phi) is 3.59. The van der Waals surface area contributed by atoms with Crippen LogP contribution in [0.25, 0.3) is 0 Å². The van der Waals surface area contributed by atoms with Crippen LogP contribution in [-0.2, 0) is 16.9 Å². The molecule has 1 N–H and O–H groups in total. The van der Waals surface area contributed by atoms with Crippen LogP contribution in [0.2, 0.25) is 0 Å². The number of aliphatic hydroxyl groups is 1. The highest BCUT2D eigenvalue weighted by atomic mass is 16.3. The second-order valence-corrected chi connectivity index (χ2v) is 5.75. The summed E-state index contributed by atoms with van der Waals surface area (Å²) < 4.78 is 0. The molecule has 0 saturated carbocycles. The number of anilines is 1. The number of hydrogen-bond acceptors (Lipinski definition) is 2. The number of nitrogens with zero attached hydrogens (tertiary/aromatic N) is 1. The van der Waals surface area contributed by atoms with Gasteiger partial charge in [-0.2, -0.15) is 0 Å². The van der Waals surface area contributed by atoms with Gasteiger partial charge in [-0.15, -0.1) is 6.58 Å². The summed E-state index contributed by atoms with van der Waals surface area (Å²) in [6.45, 7) is 6.09. The smallest absolute Gasteiger partial charge is 0.264 e. The minimum Gasteiger partial charge on any atom is -0.375 e. The zero-order valence-electron chi connectivity index (χ0n) is 12.6. The van der Waals surface area contributed by atoms with E-state index in [1.54, 1.807) is 11.0 Å². The number of carbonyl (C=O) groups is 1. The normalized spacial score (nSPS) is 20.1. The quantitative estimate of drug-likeness (QED) is 0.879. The molecule has 1 atom stereocenters. The summed E-state index contributed by atoms with van der Waals surface area (Å²) in [5.41, 5.74) is 2.01. The Morgan fingerprint density at radius 1 is 1.23 bits per heavy atom. The van der Waals surface area contributed by atoms with E-state index in [2.05, 4.69) is 6.58 Å². The molecule has 1 amide bonds. The molecule has 3 nitrogen and oxygen atoms in total. The van der Waals surface area contributed by atoms with E-state index >= 15 is 0 Å². The van der Waals surface area contributed by atoms with E-state index in [0.29, 0.717) is 12.1 Å². The standard InChI is InChI=1S/C19H19NO2/c1-3-11-19(22)16-12-14(2)9-10-17(16)20(18(19)21)13-15-7-5-4-6-8-15/h3-10,12,22H,1,11,13H2,2H3. The van der Waals surface area contributed by atoms with E-state index in [0.717, 1.165) is 16.8 Å². The van der Waals surface area contributed by atoms with Gasteiger partial charge in [0, 0.05) is 12.0 Å². The average molecular weight is 293 g/mol. The van der Waals surface area contributed by atoms with Crippen molar-refractivity contribution in [3.05, 3.63) is 77.9 Å². The van der Waals surface area contributed by atoms with Crippen molar-refractivity contribution in [2.75, 3.05) is 4.90 Å². The van der Waals surface area contributed by atoms with Crippen molar-refractivity contribution in [3.63, 3.8) is 0 Å². The molecule has 3 rings (SSSR count). The molecular weight excluding hydrogens is 274 g/mol. The third-order valence-electron chi connectivity index (χ3n) is 4.11. The number of carbonyl (C=O) groups excluding carboxylic acids is 1. The summed E-state index contributed by atoms with van der Waals surface area (Å²) in [5, 5.41) is 10.9. The van der Waals surface area contributed by atoms with Gasteiger partial charge in [-0.1, -0.05) is 54.1 Å². The summed E-state index contributed by atoms with van der Waals surface area (Å²) in [7, 11) is 0.